The molecule has 0 radical (unpaired) electrons. The third-order valence-corrected chi connectivity index (χ3v) is 2.23. The molecule has 0 spiro atoms. The molecule has 1 heterocycles. The van der Waals surface area contributed by atoms with Gasteiger partial charge in [-0.15, -0.1) is 13.2 Å². The number of carbonyl (C=O) groups is 1. The third-order valence-electron chi connectivity index (χ3n) is 1.92. The van der Waals surface area contributed by atoms with Gasteiger partial charge in [-0.25, -0.2) is 4.98 Å². The van der Waals surface area contributed by atoms with Crippen molar-refractivity contribution in [2.75, 3.05) is 0 Å². The van der Waals surface area contributed by atoms with Crippen LogP contribution in [0.15, 0.2) is 12.3 Å². The molecule has 94 valence electrons. The summed E-state index contributed by atoms with van der Waals surface area (Å²) in [6, 6.07) is 0.856. The molecule has 17 heavy (non-hydrogen) atoms. The zero-order valence-corrected chi connectivity index (χ0v) is 9.21. The normalized spacial score (nSPS) is 13.2. The van der Waals surface area contributed by atoms with Crippen LogP contribution in [0.4, 0.5) is 13.2 Å². The average Bonchev–Trinajstić information content (AvgIpc) is 2.17. The molecular formula is C9H7ClF3NO3. The Morgan fingerprint density at radius 2 is 2.18 bits per heavy atom. The molecule has 1 aromatic heterocycles. The molecule has 0 fully saturated rings. The van der Waals surface area contributed by atoms with Gasteiger partial charge in [-0.3, -0.25) is 4.79 Å². The standard InChI is InChI=1S/C9H7ClF3NO3/c1-4(8(15)16)5-2-7(14-3-6(5)10)17-9(11,12)13/h2-4H,1H3,(H,15,16). The zero-order chi connectivity index (χ0) is 13.2. The summed E-state index contributed by atoms with van der Waals surface area (Å²) in [6.07, 6.45) is -3.97. The van der Waals surface area contributed by atoms with Gasteiger partial charge in [0.1, 0.15) is 0 Å². The minimum Gasteiger partial charge on any atom is -0.481 e. The van der Waals surface area contributed by atoms with Gasteiger partial charge in [0, 0.05) is 12.3 Å². The summed E-state index contributed by atoms with van der Waals surface area (Å²) in [5.41, 5.74) is 0.00779. The number of carboxylic acids is 1. The molecule has 0 bridgehead atoms. The molecule has 8 heteroatoms. The van der Waals surface area contributed by atoms with Crippen LogP contribution in [0.25, 0.3) is 0 Å². The summed E-state index contributed by atoms with van der Waals surface area (Å²) < 4.78 is 39.3. The average molecular weight is 270 g/mol. The van der Waals surface area contributed by atoms with E-state index < -0.39 is 24.1 Å². The van der Waals surface area contributed by atoms with E-state index in [2.05, 4.69) is 9.72 Å². The predicted octanol–water partition coefficient (Wildman–Crippen LogP) is 2.82. The van der Waals surface area contributed by atoms with Gasteiger partial charge in [0.15, 0.2) is 0 Å². The summed E-state index contributed by atoms with van der Waals surface area (Å²) >= 11 is 5.64. The molecule has 0 saturated carbocycles. The first-order chi connectivity index (χ1) is 7.70. The highest BCUT2D eigenvalue weighted by atomic mass is 35.5. The highest BCUT2D eigenvalue weighted by Crippen LogP contribution is 2.29. The molecule has 1 aromatic rings. The van der Waals surface area contributed by atoms with Gasteiger partial charge in [-0.1, -0.05) is 11.6 Å². The lowest BCUT2D eigenvalue weighted by molar-refractivity contribution is -0.276. The Balaban J connectivity index is 3.06. The van der Waals surface area contributed by atoms with Gasteiger partial charge in [-0.2, -0.15) is 0 Å². The number of hydrogen-bond donors (Lipinski definition) is 1. The quantitative estimate of drug-likeness (QED) is 0.917. The van der Waals surface area contributed by atoms with Gasteiger partial charge in [0.2, 0.25) is 5.88 Å². The Morgan fingerprint density at radius 1 is 1.59 bits per heavy atom. The number of pyridine rings is 1. The van der Waals surface area contributed by atoms with E-state index >= 15 is 0 Å². The minimum atomic E-state index is -4.88. The fourth-order valence-corrected chi connectivity index (χ4v) is 1.34. The van der Waals surface area contributed by atoms with Crippen molar-refractivity contribution in [2.45, 2.75) is 19.2 Å². The van der Waals surface area contributed by atoms with Gasteiger partial charge in [0.05, 0.1) is 10.9 Å². The van der Waals surface area contributed by atoms with Crippen LogP contribution in [0.5, 0.6) is 5.88 Å². The molecular weight excluding hydrogens is 263 g/mol. The molecule has 4 nitrogen and oxygen atoms in total. The fraction of sp³-hybridized carbons (Fsp3) is 0.333. The summed E-state index contributed by atoms with van der Waals surface area (Å²) in [6.45, 7) is 1.29. The lowest BCUT2D eigenvalue weighted by Crippen LogP contribution is -2.18. The second kappa shape index (κ2) is 4.79. The van der Waals surface area contributed by atoms with E-state index in [4.69, 9.17) is 16.7 Å². The lowest BCUT2D eigenvalue weighted by atomic mass is 10.0. The van der Waals surface area contributed by atoms with E-state index in [-0.39, 0.29) is 10.6 Å². The first-order valence-corrected chi connectivity index (χ1v) is 4.72. The van der Waals surface area contributed by atoms with Crippen molar-refractivity contribution in [1.82, 2.24) is 4.98 Å². The molecule has 0 aliphatic heterocycles. The van der Waals surface area contributed by atoms with Crippen LogP contribution in [0, 0.1) is 0 Å². The van der Waals surface area contributed by atoms with Gasteiger partial charge in [-0.05, 0) is 12.5 Å². The Bertz CT molecular complexity index is 436. The summed E-state index contributed by atoms with van der Waals surface area (Å²) in [4.78, 5) is 14.0. The van der Waals surface area contributed by atoms with E-state index in [0.29, 0.717) is 0 Å². The second-order valence-electron chi connectivity index (χ2n) is 3.15. The van der Waals surface area contributed by atoms with E-state index in [1.807, 2.05) is 0 Å². The van der Waals surface area contributed by atoms with E-state index in [1.165, 1.54) is 6.92 Å². The fourth-order valence-electron chi connectivity index (χ4n) is 1.07. The van der Waals surface area contributed by atoms with Crippen molar-refractivity contribution in [3.05, 3.63) is 22.8 Å². The number of nitrogens with zero attached hydrogens (tertiary/aromatic N) is 1. The Hall–Kier alpha value is -1.50. The van der Waals surface area contributed by atoms with E-state index in [0.717, 1.165) is 12.3 Å². The van der Waals surface area contributed by atoms with Crippen molar-refractivity contribution in [3.8, 4) is 5.88 Å². The third kappa shape index (κ3) is 3.77. The zero-order valence-electron chi connectivity index (χ0n) is 8.45. The highest BCUT2D eigenvalue weighted by molar-refractivity contribution is 6.31. The number of ether oxygens (including phenoxy) is 1. The first kappa shape index (κ1) is 13.6. The van der Waals surface area contributed by atoms with Gasteiger partial charge in [0.25, 0.3) is 0 Å². The molecule has 0 amide bonds. The van der Waals surface area contributed by atoms with E-state index in [1.54, 1.807) is 0 Å². The van der Waals surface area contributed by atoms with Crippen LogP contribution < -0.4 is 4.74 Å². The van der Waals surface area contributed by atoms with Crippen molar-refractivity contribution in [1.29, 1.82) is 0 Å². The first-order valence-electron chi connectivity index (χ1n) is 4.34. The van der Waals surface area contributed by atoms with E-state index in [9.17, 15) is 18.0 Å². The van der Waals surface area contributed by atoms with Crippen LogP contribution in [0.1, 0.15) is 18.4 Å². The van der Waals surface area contributed by atoms with Crippen molar-refractivity contribution >= 4 is 17.6 Å². The molecule has 1 rings (SSSR count). The number of aliphatic carboxylic acids is 1. The molecule has 0 saturated heterocycles. The lowest BCUT2D eigenvalue weighted by Gasteiger charge is -2.12. The number of halogens is 4. The number of alkyl halides is 3. The van der Waals surface area contributed by atoms with Gasteiger partial charge >= 0.3 is 12.3 Å². The molecule has 1 N–H and O–H groups in total. The second-order valence-corrected chi connectivity index (χ2v) is 3.56. The molecule has 0 aliphatic rings. The smallest absolute Gasteiger partial charge is 0.481 e. The number of aromatic nitrogens is 1. The van der Waals surface area contributed by atoms with Crippen LogP contribution in [0.3, 0.4) is 0 Å². The maximum atomic E-state index is 11.9. The van der Waals surface area contributed by atoms with Crippen LogP contribution in [-0.4, -0.2) is 22.4 Å². The monoisotopic (exact) mass is 269 g/mol. The molecule has 1 unspecified atom stereocenters. The topological polar surface area (TPSA) is 59.4 Å². The predicted molar refractivity (Wildman–Crippen MR) is 52.0 cm³/mol. The maximum Gasteiger partial charge on any atom is 0.574 e. The summed E-state index contributed by atoms with van der Waals surface area (Å²) in [5, 5.41) is 8.71. The van der Waals surface area contributed by atoms with Crippen molar-refractivity contribution in [3.63, 3.8) is 0 Å². The summed E-state index contributed by atoms with van der Waals surface area (Å²) in [7, 11) is 0. The van der Waals surface area contributed by atoms with Crippen LogP contribution in [0.2, 0.25) is 5.02 Å². The molecule has 0 aliphatic carbocycles. The molecule has 0 aromatic carbocycles. The van der Waals surface area contributed by atoms with Crippen LogP contribution >= 0.6 is 11.6 Å². The minimum absolute atomic E-state index is 0.00779. The highest BCUT2D eigenvalue weighted by Gasteiger charge is 2.32. The number of hydrogen-bond acceptors (Lipinski definition) is 3. The van der Waals surface area contributed by atoms with Crippen molar-refractivity contribution < 1.29 is 27.8 Å². The summed E-state index contributed by atoms with van der Waals surface area (Å²) in [5.74, 6) is -3.01. The van der Waals surface area contributed by atoms with Crippen molar-refractivity contribution in [2.24, 2.45) is 0 Å². The molecule has 1 atom stereocenters. The number of carboxylic acid groups (broad SMARTS) is 1. The number of rotatable bonds is 3. The SMILES string of the molecule is CC(C(=O)O)c1cc(OC(F)(F)F)ncc1Cl. The van der Waals surface area contributed by atoms with Gasteiger partial charge < -0.3 is 9.84 Å². The maximum absolute atomic E-state index is 11.9. The Labute approximate surface area is 99.0 Å². The Morgan fingerprint density at radius 3 is 2.65 bits per heavy atom. The Kier molecular flexibility index (Phi) is 3.82. The van der Waals surface area contributed by atoms with Crippen LogP contribution in [-0.2, 0) is 4.79 Å². The largest absolute Gasteiger partial charge is 0.574 e.